The van der Waals surface area contributed by atoms with Crippen LogP contribution in [0.1, 0.15) is 13.8 Å². The lowest BCUT2D eigenvalue weighted by molar-refractivity contribution is 0.221. The average molecular weight is 721 g/mol. The summed E-state index contributed by atoms with van der Waals surface area (Å²) < 4.78 is 108. The van der Waals surface area contributed by atoms with E-state index in [1.165, 1.54) is 30.1 Å². The highest BCUT2D eigenvalue weighted by Crippen LogP contribution is 2.43. The zero-order valence-electron chi connectivity index (χ0n) is 24.8. The third kappa shape index (κ3) is 6.81. The van der Waals surface area contributed by atoms with Crippen LogP contribution >= 0.6 is 0 Å². The van der Waals surface area contributed by atoms with Crippen molar-refractivity contribution < 1.29 is 48.8 Å². The van der Waals surface area contributed by atoms with Gasteiger partial charge >= 0.3 is 11.7 Å². The Morgan fingerprint density at radius 3 is 2.10 bits per heavy atom. The smallest absolute Gasteiger partial charge is 0.352 e. The number of ether oxygens (including phenoxy) is 1. The highest BCUT2D eigenvalue weighted by molar-refractivity contribution is 7.86. The summed E-state index contributed by atoms with van der Waals surface area (Å²) in [6, 6.07) is 10.2. The van der Waals surface area contributed by atoms with Crippen molar-refractivity contribution in [1.82, 2.24) is 15.0 Å². The first kappa shape index (κ1) is 34.3. The van der Waals surface area contributed by atoms with Crippen LogP contribution in [0, 0.1) is 0 Å². The molecule has 4 aromatic carbocycles. The number of hydrogen-bond acceptors (Lipinski definition) is 14. The van der Waals surface area contributed by atoms with Crippen LogP contribution < -0.4 is 15.3 Å². The molecule has 0 saturated heterocycles. The lowest BCUT2D eigenvalue weighted by Gasteiger charge is -2.19. The van der Waals surface area contributed by atoms with Crippen molar-refractivity contribution in [3.8, 4) is 11.8 Å². The number of hydrogen-bond donors (Lipinski definition) is 5. The van der Waals surface area contributed by atoms with Gasteiger partial charge in [0.25, 0.3) is 30.4 Å². The molecule has 0 spiro atoms. The van der Waals surface area contributed by atoms with Gasteiger partial charge < -0.3 is 14.7 Å². The van der Waals surface area contributed by atoms with Gasteiger partial charge in [-0.3, -0.25) is 18.6 Å². The molecule has 0 aliphatic carbocycles. The Balaban J connectivity index is 1.66. The van der Waals surface area contributed by atoms with Crippen LogP contribution in [0.4, 0.5) is 23.0 Å². The summed E-state index contributed by atoms with van der Waals surface area (Å²) in [5.41, 5.74) is -1.86. The number of aromatic nitrogens is 3. The molecule has 5 rings (SSSR count). The van der Waals surface area contributed by atoms with Crippen LogP contribution in [0.25, 0.3) is 21.5 Å². The minimum Gasteiger partial charge on any atom is -0.505 e. The van der Waals surface area contributed by atoms with Gasteiger partial charge in [-0.15, -0.1) is 15.2 Å². The number of azo groups is 1. The first-order valence-corrected chi connectivity index (χ1v) is 17.7. The molecule has 48 heavy (non-hydrogen) atoms. The first-order chi connectivity index (χ1) is 22.3. The highest BCUT2D eigenvalue weighted by atomic mass is 32.2. The van der Waals surface area contributed by atoms with Gasteiger partial charge in [-0.25, -0.2) is 4.79 Å². The van der Waals surface area contributed by atoms with E-state index in [4.69, 9.17) is 4.74 Å². The molecule has 18 nitrogen and oxygen atoms in total. The number of anilines is 2. The Kier molecular flexibility index (Phi) is 8.71. The zero-order chi connectivity index (χ0) is 35.3. The molecule has 0 bridgehead atoms. The summed E-state index contributed by atoms with van der Waals surface area (Å²) in [5.74, 6) is -0.799. The Labute approximate surface area is 271 Å². The molecule has 1 heterocycles. The standard InChI is InChI=1S/C27H24N6O12S3/c1-13(2)45-27-29-25(28-26(35)30-27)33(3)15-7-8-16-14(11-15)12-21(47(39,40)41)22(23(16)34)32-31-19-10-9-17-18(24(19)48(42,43)44)5-4-6-20(17)46(36,37)38/h4-13,34H,1-3H3,(H,36,37,38)(H,39,40,41)(H,42,43,44)(H,28,29,30,35). The third-order valence-corrected chi connectivity index (χ3v) is 9.44. The number of aromatic amines is 1. The van der Waals surface area contributed by atoms with Gasteiger partial charge in [0, 0.05) is 28.9 Å². The fourth-order valence-electron chi connectivity index (χ4n) is 4.71. The van der Waals surface area contributed by atoms with Gasteiger partial charge in [0.05, 0.1) is 6.10 Å². The molecule has 21 heteroatoms. The van der Waals surface area contributed by atoms with Crippen molar-refractivity contribution in [2.24, 2.45) is 10.2 Å². The Morgan fingerprint density at radius 1 is 0.812 bits per heavy atom. The molecule has 0 radical (unpaired) electrons. The van der Waals surface area contributed by atoms with Crippen LogP contribution in [-0.4, -0.2) is 72.1 Å². The van der Waals surface area contributed by atoms with E-state index in [2.05, 4.69) is 25.2 Å². The maximum Gasteiger partial charge on any atom is 0.352 e. The Morgan fingerprint density at radius 2 is 1.48 bits per heavy atom. The van der Waals surface area contributed by atoms with Crippen LogP contribution in [0.15, 0.2) is 84.3 Å². The van der Waals surface area contributed by atoms with E-state index >= 15 is 0 Å². The molecule has 5 N–H and O–H groups in total. The number of nitrogens with one attached hydrogen (secondary N) is 1. The molecule has 0 aliphatic rings. The predicted octanol–water partition coefficient (Wildman–Crippen LogP) is 3.89. The van der Waals surface area contributed by atoms with Gasteiger partial charge in [-0.2, -0.15) is 30.2 Å². The number of rotatable bonds is 9. The molecule has 0 saturated carbocycles. The topological polar surface area (TPSA) is 279 Å². The Bertz CT molecular complexity index is 2550. The van der Waals surface area contributed by atoms with Crippen molar-refractivity contribution in [2.45, 2.75) is 34.6 Å². The van der Waals surface area contributed by atoms with Gasteiger partial charge in [-0.1, -0.05) is 18.2 Å². The van der Waals surface area contributed by atoms with Crippen molar-refractivity contribution in [3.63, 3.8) is 0 Å². The molecule has 0 unspecified atom stereocenters. The van der Waals surface area contributed by atoms with Crippen LogP contribution in [0.2, 0.25) is 0 Å². The van der Waals surface area contributed by atoms with E-state index in [9.17, 15) is 48.8 Å². The number of phenols is 1. The molecule has 0 atom stereocenters. The fraction of sp³-hybridized carbons (Fsp3) is 0.148. The summed E-state index contributed by atoms with van der Waals surface area (Å²) in [7, 11) is -13.6. The number of fused-ring (bicyclic) bond motifs is 2. The maximum absolute atomic E-state index is 12.4. The van der Waals surface area contributed by atoms with Gasteiger partial charge in [0.2, 0.25) is 5.95 Å². The third-order valence-electron chi connectivity index (χ3n) is 6.72. The molecular weight excluding hydrogens is 697 g/mol. The minimum absolute atomic E-state index is 0.000167. The molecule has 0 fully saturated rings. The molecule has 1 aromatic heterocycles. The second kappa shape index (κ2) is 12.2. The average Bonchev–Trinajstić information content (AvgIpc) is 2.97. The summed E-state index contributed by atoms with van der Waals surface area (Å²) >= 11 is 0. The molecule has 0 aliphatic heterocycles. The number of nitrogens with zero attached hydrogens (tertiary/aromatic N) is 5. The van der Waals surface area contributed by atoms with Crippen molar-refractivity contribution in [1.29, 1.82) is 0 Å². The summed E-state index contributed by atoms with van der Waals surface area (Å²) in [5, 5.41) is 17.9. The highest BCUT2D eigenvalue weighted by Gasteiger charge is 2.26. The molecule has 5 aromatic rings. The van der Waals surface area contributed by atoms with E-state index in [1.54, 1.807) is 13.8 Å². The quantitative estimate of drug-likeness (QED) is 0.107. The van der Waals surface area contributed by atoms with Crippen LogP contribution in [0.5, 0.6) is 11.8 Å². The van der Waals surface area contributed by atoms with Crippen molar-refractivity contribution >= 4 is 74.9 Å². The van der Waals surface area contributed by atoms with E-state index in [-0.39, 0.29) is 39.6 Å². The Hall–Kier alpha value is -5.06. The lowest BCUT2D eigenvalue weighted by Crippen LogP contribution is -2.22. The van der Waals surface area contributed by atoms with Gasteiger partial charge in [0.15, 0.2) is 5.75 Å². The zero-order valence-corrected chi connectivity index (χ0v) is 27.2. The van der Waals surface area contributed by atoms with Crippen molar-refractivity contribution in [3.05, 3.63) is 65.1 Å². The number of H-pyrrole nitrogens is 1. The van der Waals surface area contributed by atoms with Gasteiger partial charge in [0.1, 0.15) is 26.1 Å². The fourth-order valence-corrected chi connectivity index (χ4v) is 6.90. The molecule has 0 amide bonds. The predicted molar refractivity (Wildman–Crippen MR) is 170 cm³/mol. The summed E-state index contributed by atoms with van der Waals surface area (Å²) in [6.45, 7) is 3.42. The SMILES string of the molecule is CC(C)Oc1nc(N(C)c2ccc3c(O)c(N=Nc4ccc5c(S(=O)(=O)O)cccc5c4S(=O)(=O)O)c(S(=O)(=O)O)cc3c2)[nH]c(=O)n1. The van der Waals surface area contributed by atoms with E-state index < -0.39 is 67.9 Å². The monoisotopic (exact) mass is 720 g/mol. The molecular formula is C27H24N6O12S3. The second-order valence-electron chi connectivity index (χ2n) is 10.4. The largest absolute Gasteiger partial charge is 0.505 e. The maximum atomic E-state index is 12.4. The van der Waals surface area contributed by atoms with E-state index in [1.807, 2.05) is 0 Å². The first-order valence-electron chi connectivity index (χ1n) is 13.3. The van der Waals surface area contributed by atoms with E-state index in [0.717, 1.165) is 36.4 Å². The van der Waals surface area contributed by atoms with Crippen molar-refractivity contribution in [2.75, 3.05) is 11.9 Å². The van der Waals surface area contributed by atoms with Gasteiger partial charge in [-0.05, 0) is 55.6 Å². The number of benzene rings is 4. The minimum atomic E-state index is -5.16. The van der Waals surface area contributed by atoms with Crippen LogP contribution in [0.3, 0.4) is 0 Å². The normalized spacial score (nSPS) is 12.7. The van der Waals surface area contributed by atoms with Crippen LogP contribution in [-0.2, 0) is 30.4 Å². The number of phenolic OH excluding ortho intramolecular Hbond substituents is 1. The summed E-state index contributed by atoms with van der Waals surface area (Å²) in [4.78, 5) is 21.2. The molecule has 252 valence electrons. The summed E-state index contributed by atoms with van der Waals surface area (Å²) in [6.07, 6.45) is -0.336. The lowest BCUT2D eigenvalue weighted by atomic mass is 10.1. The number of aromatic hydroxyl groups is 1. The second-order valence-corrected chi connectivity index (χ2v) is 14.5. The van der Waals surface area contributed by atoms with E-state index in [0.29, 0.717) is 5.69 Å².